The van der Waals surface area contributed by atoms with Crippen molar-refractivity contribution in [2.75, 3.05) is 13.1 Å². The van der Waals surface area contributed by atoms with Crippen molar-refractivity contribution < 1.29 is 24.6 Å². The fraction of sp³-hybridized carbons (Fsp3) is 0.222. The van der Waals surface area contributed by atoms with Crippen LogP contribution < -0.4 is 10.9 Å². The van der Waals surface area contributed by atoms with Crippen LogP contribution in [-0.4, -0.2) is 60.4 Å². The van der Waals surface area contributed by atoms with E-state index in [9.17, 15) is 24.3 Å². The lowest BCUT2D eigenvalue weighted by Crippen LogP contribution is -2.37. The molecule has 3 aromatic heterocycles. The molecule has 160 valence electrons. The average Bonchev–Trinajstić information content (AvgIpc) is 3.09. The van der Waals surface area contributed by atoms with E-state index in [0.29, 0.717) is 29.1 Å². The second-order valence-electron chi connectivity index (χ2n) is 6.63. The maximum absolute atomic E-state index is 12.9. The number of hydrogen-bond acceptors (Lipinski definition) is 8. The maximum Gasteiger partial charge on any atom is 0.322 e. The molecule has 1 aliphatic rings. The smallest absolute Gasteiger partial charge is 0.322 e. The Labute approximate surface area is 182 Å². The molecule has 0 aromatic carbocycles. The Morgan fingerprint density at radius 1 is 1.29 bits per heavy atom. The van der Waals surface area contributed by atoms with Gasteiger partial charge in [0.25, 0.3) is 17.4 Å². The Balaban J connectivity index is 1.67. The summed E-state index contributed by atoms with van der Waals surface area (Å²) in [6, 6.07) is 3.09. The van der Waals surface area contributed by atoms with E-state index < -0.39 is 35.4 Å². The van der Waals surface area contributed by atoms with E-state index in [1.807, 2.05) is 5.32 Å². The molecule has 3 aromatic rings. The number of carbonyl (C=O) groups is 3. The minimum atomic E-state index is -1.30. The van der Waals surface area contributed by atoms with Crippen molar-refractivity contribution in [1.29, 1.82) is 0 Å². The van der Waals surface area contributed by atoms with Gasteiger partial charge in [-0.2, -0.15) is 4.98 Å². The lowest BCUT2D eigenvalue weighted by atomic mass is 10.1. The number of aliphatic carboxylic acids is 1. The van der Waals surface area contributed by atoms with Crippen LogP contribution in [0.1, 0.15) is 31.3 Å². The summed E-state index contributed by atoms with van der Waals surface area (Å²) in [7, 11) is 0. The van der Waals surface area contributed by atoms with E-state index >= 15 is 0 Å². The molecule has 0 fully saturated rings. The molecule has 13 heteroatoms. The molecule has 11 nitrogen and oxygen atoms in total. The minimum absolute atomic E-state index is 0.171. The predicted molar refractivity (Wildman–Crippen MR) is 109 cm³/mol. The van der Waals surface area contributed by atoms with Crippen molar-refractivity contribution in [3.05, 3.63) is 55.5 Å². The average molecular weight is 464 g/mol. The van der Waals surface area contributed by atoms with Crippen LogP contribution in [0.5, 0.6) is 5.88 Å². The molecule has 0 unspecified atom stereocenters. The second kappa shape index (κ2) is 7.96. The molecule has 0 spiro atoms. The first-order valence-electron chi connectivity index (χ1n) is 8.93. The molecule has 1 aliphatic heterocycles. The Bertz CT molecular complexity index is 1290. The lowest BCUT2D eigenvalue weighted by Gasteiger charge is -2.26. The van der Waals surface area contributed by atoms with Gasteiger partial charge in [0.05, 0.1) is 12.1 Å². The number of amides is 2. The zero-order valence-corrected chi connectivity index (χ0v) is 17.2. The van der Waals surface area contributed by atoms with Gasteiger partial charge in [0.1, 0.15) is 11.7 Å². The van der Waals surface area contributed by atoms with Crippen LogP contribution in [0.25, 0.3) is 4.96 Å². The number of thiazole rings is 1. The quantitative estimate of drug-likeness (QED) is 0.473. The monoisotopic (exact) mass is 463 g/mol. The van der Waals surface area contributed by atoms with E-state index in [1.54, 1.807) is 11.0 Å². The lowest BCUT2D eigenvalue weighted by molar-refractivity contribution is -0.135. The molecule has 0 saturated carbocycles. The molecule has 0 radical (unpaired) electrons. The van der Waals surface area contributed by atoms with Crippen LogP contribution in [0.15, 0.2) is 23.1 Å². The highest BCUT2D eigenvalue weighted by molar-refractivity contribution is 7.17. The Kier molecular flexibility index (Phi) is 5.33. The summed E-state index contributed by atoms with van der Waals surface area (Å²) < 4.78 is 1.22. The molecule has 3 N–H and O–H groups in total. The number of nitrogens with zero attached hydrogens (tertiary/aromatic N) is 4. The predicted octanol–water partition coefficient (Wildman–Crippen LogP) is 0.523. The number of halogens is 1. The largest absolute Gasteiger partial charge is 0.492 e. The van der Waals surface area contributed by atoms with Gasteiger partial charge in [0, 0.05) is 29.7 Å². The van der Waals surface area contributed by atoms with Crippen LogP contribution in [0, 0.1) is 0 Å². The van der Waals surface area contributed by atoms with Gasteiger partial charge in [-0.1, -0.05) is 22.9 Å². The summed E-state index contributed by atoms with van der Waals surface area (Å²) in [4.78, 5) is 58.8. The number of carboxylic acid groups (broad SMARTS) is 1. The van der Waals surface area contributed by atoms with E-state index in [4.69, 9.17) is 16.7 Å². The van der Waals surface area contributed by atoms with E-state index in [2.05, 4.69) is 9.97 Å². The third-order valence-corrected chi connectivity index (χ3v) is 5.97. The van der Waals surface area contributed by atoms with Crippen molar-refractivity contribution in [2.45, 2.75) is 13.0 Å². The topological polar surface area (TPSA) is 154 Å². The molecule has 0 bridgehead atoms. The number of rotatable bonds is 4. The van der Waals surface area contributed by atoms with Gasteiger partial charge in [-0.3, -0.25) is 23.6 Å². The number of aromatic hydroxyl groups is 1. The van der Waals surface area contributed by atoms with Crippen molar-refractivity contribution >= 4 is 45.7 Å². The fourth-order valence-electron chi connectivity index (χ4n) is 3.26. The van der Waals surface area contributed by atoms with Crippen molar-refractivity contribution in [3.8, 4) is 5.88 Å². The summed E-state index contributed by atoms with van der Waals surface area (Å²) in [6.07, 6.45) is 1.71. The molecule has 2 amide bonds. The molecule has 0 aliphatic carbocycles. The molecular weight excluding hydrogens is 450 g/mol. The van der Waals surface area contributed by atoms with Gasteiger partial charge < -0.3 is 20.4 Å². The number of pyridine rings is 1. The van der Waals surface area contributed by atoms with Crippen molar-refractivity contribution in [3.63, 3.8) is 0 Å². The standard InChI is InChI=1S/C18H14ClN5O6S/c19-11-2-1-8(5-20-11)16(29)23-4-3-9-10(7-23)31-18-22-15(28)13(17(30)24(9)18)14(27)21-6-12(25)26/h1-2,5,28H,3-4,6-7H2,(H,21,27)(H,25,26). The van der Waals surface area contributed by atoms with Gasteiger partial charge in [0.2, 0.25) is 10.8 Å². The number of aromatic nitrogens is 3. The fourth-order valence-corrected chi connectivity index (χ4v) is 4.54. The Morgan fingerprint density at radius 2 is 2.06 bits per heavy atom. The molecular formula is C18H14ClN5O6S. The summed E-state index contributed by atoms with van der Waals surface area (Å²) >= 11 is 6.88. The zero-order valence-electron chi connectivity index (χ0n) is 15.7. The second-order valence-corrected chi connectivity index (χ2v) is 8.08. The first kappa shape index (κ1) is 20.8. The van der Waals surface area contributed by atoms with Crippen LogP contribution in [0.3, 0.4) is 0 Å². The van der Waals surface area contributed by atoms with Gasteiger partial charge in [-0.25, -0.2) is 4.98 Å². The number of fused-ring (bicyclic) bond motifs is 3. The molecule has 4 heterocycles. The number of carboxylic acids is 1. The molecule has 0 saturated heterocycles. The van der Waals surface area contributed by atoms with Gasteiger partial charge >= 0.3 is 5.97 Å². The Hall–Kier alpha value is -3.51. The minimum Gasteiger partial charge on any atom is -0.492 e. The van der Waals surface area contributed by atoms with Crippen LogP contribution in [0.4, 0.5) is 0 Å². The third-order valence-electron chi connectivity index (χ3n) is 4.68. The van der Waals surface area contributed by atoms with Gasteiger partial charge in [-0.05, 0) is 12.1 Å². The van der Waals surface area contributed by atoms with E-state index in [-0.39, 0.29) is 22.6 Å². The number of hydrogen-bond donors (Lipinski definition) is 3. The molecule has 31 heavy (non-hydrogen) atoms. The summed E-state index contributed by atoms with van der Waals surface area (Å²) in [6.45, 7) is -0.182. The van der Waals surface area contributed by atoms with Gasteiger partial charge in [-0.15, -0.1) is 0 Å². The zero-order chi connectivity index (χ0) is 22.3. The summed E-state index contributed by atoms with van der Waals surface area (Å²) in [5, 5.41) is 21.1. The number of nitrogens with one attached hydrogen (secondary N) is 1. The van der Waals surface area contributed by atoms with Crippen LogP contribution >= 0.6 is 22.9 Å². The van der Waals surface area contributed by atoms with Crippen LogP contribution in [0.2, 0.25) is 5.15 Å². The van der Waals surface area contributed by atoms with Crippen molar-refractivity contribution in [1.82, 2.24) is 24.6 Å². The van der Waals surface area contributed by atoms with Crippen LogP contribution in [-0.2, 0) is 17.8 Å². The molecule has 0 atom stereocenters. The number of carbonyl (C=O) groups excluding carboxylic acids is 2. The SMILES string of the molecule is O=C(O)CNC(=O)c1c(O)nc2sc3c(n2c1=O)CCN(C(=O)c1ccc(Cl)nc1)C3. The Morgan fingerprint density at radius 3 is 2.74 bits per heavy atom. The summed E-state index contributed by atoms with van der Waals surface area (Å²) in [5.74, 6) is -3.36. The van der Waals surface area contributed by atoms with Gasteiger partial charge in [0.15, 0.2) is 5.56 Å². The first-order chi connectivity index (χ1) is 14.8. The normalized spacial score (nSPS) is 13.1. The summed E-state index contributed by atoms with van der Waals surface area (Å²) in [5.41, 5.74) is -0.475. The van der Waals surface area contributed by atoms with Crippen molar-refractivity contribution in [2.24, 2.45) is 0 Å². The molecule has 4 rings (SSSR count). The maximum atomic E-state index is 12.9. The highest BCUT2D eigenvalue weighted by Gasteiger charge is 2.29. The third kappa shape index (κ3) is 3.82. The van der Waals surface area contributed by atoms with E-state index in [0.717, 1.165) is 11.3 Å². The van der Waals surface area contributed by atoms with E-state index in [1.165, 1.54) is 16.7 Å². The first-order valence-corrected chi connectivity index (χ1v) is 10.1. The highest BCUT2D eigenvalue weighted by Crippen LogP contribution is 2.29. The highest BCUT2D eigenvalue weighted by atomic mass is 35.5.